The van der Waals surface area contributed by atoms with Gasteiger partial charge in [0.2, 0.25) is 0 Å². The Bertz CT molecular complexity index is 776. The van der Waals surface area contributed by atoms with E-state index in [2.05, 4.69) is 10.5 Å². The highest BCUT2D eigenvalue weighted by Gasteiger charge is 2.06. The number of aryl methyl sites for hydroxylation is 2. The Kier molecular flexibility index (Phi) is 6.78. The fraction of sp³-hybridized carbons (Fsp3) is 0.200. The molecule has 0 bridgehead atoms. The lowest BCUT2D eigenvalue weighted by molar-refractivity contribution is -0.123. The van der Waals surface area contributed by atoms with Crippen molar-refractivity contribution in [2.75, 3.05) is 6.61 Å². The first-order valence-corrected chi connectivity index (χ1v) is 8.29. The minimum atomic E-state index is -0.322. The Morgan fingerprint density at radius 2 is 1.84 bits per heavy atom. The third-order valence-corrected chi connectivity index (χ3v) is 4.05. The van der Waals surface area contributed by atoms with Crippen molar-refractivity contribution >= 4 is 29.3 Å². The summed E-state index contributed by atoms with van der Waals surface area (Å²) >= 11 is 6.11. The molecule has 1 amide bonds. The molecule has 130 valence electrons. The van der Waals surface area contributed by atoms with Gasteiger partial charge < -0.3 is 4.74 Å². The number of carbonyl (C=O) groups excluding carboxylic acids is 1. The summed E-state index contributed by atoms with van der Waals surface area (Å²) in [5.74, 6) is 0.289. The SMILES string of the molecule is CC(/C=C/c1ccccc1)=N\NC(=O)COc1cc(C)c(Cl)c(C)c1. The van der Waals surface area contributed by atoms with Crippen molar-refractivity contribution in [2.24, 2.45) is 5.10 Å². The molecule has 0 unspecified atom stereocenters. The number of amides is 1. The summed E-state index contributed by atoms with van der Waals surface area (Å²) in [4.78, 5) is 11.8. The van der Waals surface area contributed by atoms with Gasteiger partial charge in [-0.2, -0.15) is 5.10 Å². The highest BCUT2D eigenvalue weighted by molar-refractivity contribution is 6.32. The summed E-state index contributed by atoms with van der Waals surface area (Å²) in [7, 11) is 0. The van der Waals surface area contributed by atoms with Crippen LogP contribution in [0.3, 0.4) is 0 Å². The summed E-state index contributed by atoms with van der Waals surface area (Å²) in [6.45, 7) is 5.50. The highest BCUT2D eigenvalue weighted by Crippen LogP contribution is 2.25. The number of carbonyl (C=O) groups is 1. The molecule has 5 heteroatoms. The van der Waals surface area contributed by atoms with Crippen LogP contribution in [0.15, 0.2) is 53.6 Å². The molecule has 2 aromatic carbocycles. The Morgan fingerprint density at radius 3 is 2.48 bits per heavy atom. The second-order valence-corrected chi connectivity index (χ2v) is 6.07. The fourth-order valence-corrected chi connectivity index (χ4v) is 2.25. The lowest BCUT2D eigenvalue weighted by Gasteiger charge is -2.09. The van der Waals surface area contributed by atoms with Crippen LogP contribution in [0.5, 0.6) is 5.75 Å². The molecule has 0 fully saturated rings. The number of nitrogens with zero attached hydrogens (tertiary/aromatic N) is 1. The molecular formula is C20H21ClN2O2. The van der Waals surface area contributed by atoms with E-state index in [1.165, 1.54) is 0 Å². The van der Waals surface area contributed by atoms with Crippen molar-refractivity contribution in [3.63, 3.8) is 0 Å². The largest absolute Gasteiger partial charge is 0.484 e. The van der Waals surface area contributed by atoms with Crippen molar-refractivity contribution in [3.8, 4) is 5.75 Å². The van der Waals surface area contributed by atoms with Crippen LogP contribution in [0, 0.1) is 13.8 Å². The Balaban J connectivity index is 1.85. The third kappa shape index (κ3) is 6.08. The van der Waals surface area contributed by atoms with Crippen LogP contribution in [-0.2, 0) is 4.79 Å². The Morgan fingerprint density at radius 1 is 1.20 bits per heavy atom. The van der Waals surface area contributed by atoms with E-state index in [0.717, 1.165) is 16.7 Å². The number of ether oxygens (including phenoxy) is 1. The maximum atomic E-state index is 11.8. The molecule has 25 heavy (non-hydrogen) atoms. The van der Waals surface area contributed by atoms with E-state index >= 15 is 0 Å². The van der Waals surface area contributed by atoms with Gasteiger partial charge >= 0.3 is 0 Å². The molecule has 0 radical (unpaired) electrons. The summed E-state index contributed by atoms with van der Waals surface area (Å²) < 4.78 is 5.49. The van der Waals surface area contributed by atoms with Gasteiger partial charge in [-0.15, -0.1) is 0 Å². The lowest BCUT2D eigenvalue weighted by Crippen LogP contribution is -2.25. The molecule has 1 N–H and O–H groups in total. The van der Waals surface area contributed by atoms with Gasteiger partial charge in [-0.3, -0.25) is 4.79 Å². The van der Waals surface area contributed by atoms with Crippen LogP contribution in [0.4, 0.5) is 0 Å². The first kappa shape index (κ1) is 18.7. The van der Waals surface area contributed by atoms with E-state index in [0.29, 0.717) is 16.5 Å². The minimum Gasteiger partial charge on any atom is -0.484 e. The maximum absolute atomic E-state index is 11.8. The van der Waals surface area contributed by atoms with Gasteiger partial charge in [0.25, 0.3) is 5.91 Å². The molecule has 0 spiro atoms. The van der Waals surface area contributed by atoms with E-state index in [-0.39, 0.29) is 12.5 Å². The van der Waals surface area contributed by atoms with Gasteiger partial charge in [0, 0.05) is 5.02 Å². The summed E-state index contributed by atoms with van der Waals surface area (Å²) in [6, 6.07) is 13.5. The maximum Gasteiger partial charge on any atom is 0.277 e. The summed E-state index contributed by atoms with van der Waals surface area (Å²) in [5.41, 5.74) is 6.06. The average Bonchev–Trinajstić information content (AvgIpc) is 2.61. The number of hydrogen-bond donors (Lipinski definition) is 1. The van der Waals surface area contributed by atoms with Crippen LogP contribution in [0.25, 0.3) is 6.08 Å². The normalized spacial score (nSPS) is 11.6. The highest BCUT2D eigenvalue weighted by atomic mass is 35.5. The predicted molar refractivity (Wildman–Crippen MR) is 103 cm³/mol. The van der Waals surface area contributed by atoms with Crippen LogP contribution in [0.2, 0.25) is 5.02 Å². The van der Waals surface area contributed by atoms with Crippen LogP contribution < -0.4 is 10.2 Å². The topological polar surface area (TPSA) is 50.7 Å². The number of hydrazone groups is 1. The molecule has 0 saturated heterocycles. The molecule has 0 atom stereocenters. The van der Waals surface area contributed by atoms with Crippen LogP contribution in [-0.4, -0.2) is 18.2 Å². The van der Waals surface area contributed by atoms with E-state index in [9.17, 15) is 4.79 Å². The second-order valence-electron chi connectivity index (χ2n) is 5.69. The first-order chi connectivity index (χ1) is 12.0. The third-order valence-electron chi connectivity index (χ3n) is 3.45. The number of allylic oxidation sites excluding steroid dienone is 1. The molecule has 0 aliphatic rings. The molecule has 0 aromatic heterocycles. The Hall–Kier alpha value is -2.59. The van der Waals surface area contributed by atoms with Gasteiger partial charge in [-0.1, -0.05) is 48.0 Å². The van der Waals surface area contributed by atoms with Crippen LogP contribution >= 0.6 is 11.6 Å². The zero-order chi connectivity index (χ0) is 18.2. The van der Waals surface area contributed by atoms with Gasteiger partial charge in [0.15, 0.2) is 6.61 Å². The summed E-state index contributed by atoms with van der Waals surface area (Å²) in [5, 5.41) is 4.74. The van der Waals surface area contributed by atoms with E-state index < -0.39 is 0 Å². The zero-order valence-electron chi connectivity index (χ0n) is 14.5. The minimum absolute atomic E-state index is 0.111. The standard InChI is InChI=1S/C20H21ClN2O2/c1-14-11-18(12-15(2)20(14)21)25-13-19(24)23-22-16(3)9-10-17-7-5-4-6-8-17/h4-12H,13H2,1-3H3,(H,23,24)/b10-9+,22-16+. The Labute approximate surface area is 153 Å². The molecule has 4 nitrogen and oxygen atoms in total. The number of nitrogens with one attached hydrogen (secondary N) is 1. The van der Waals surface area contributed by atoms with Crippen molar-refractivity contribution in [2.45, 2.75) is 20.8 Å². The molecule has 0 heterocycles. The zero-order valence-corrected chi connectivity index (χ0v) is 15.3. The second kappa shape index (κ2) is 9.04. The van der Waals surface area contributed by atoms with E-state index in [1.54, 1.807) is 12.1 Å². The molecule has 2 aromatic rings. The van der Waals surface area contributed by atoms with Crippen molar-refractivity contribution < 1.29 is 9.53 Å². The lowest BCUT2D eigenvalue weighted by atomic mass is 10.1. The first-order valence-electron chi connectivity index (χ1n) is 7.91. The van der Waals surface area contributed by atoms with Gasteiger partial charge in [0.05, 0.1) is 5.71 Å². The van der Waals surface area contributed by atoms with Gasteiger partial charge in [-0.25, -0.2) is 5.43 Å². The number of benzene rings is 2. The molecule has 0 aliphatic heterocycles. The molecular weight excluding hydrogens is 336 g/mol. The number of halogens is 1. The number of rotatable bonds is 6. The number of hydrogen-bond acceptors (Lipinski definition) is 3. The van der Waals surface area contributed by atoms with Crippen molar-refractivity contribution in [1.29, 1.82) is 0 Å². The summed E-state index contributed by atoms with van der Waals surface area (Å²) in [6.07, 6.45) is 3.77. The average molecular weight is 357 g/mol. The molecule has 0 saturated carbocycles. The van der Waals surface area contributed by atoms with Gasteiger partial charge in [-0.05, 0) is 55.7 Å². The van der Waals surface area contributed by atoms with E-state index in [4.69, 9.17) is 16.3 Å². The van der Waals surface area contributed by atoms with Gasteiger partial charge in [0.1, 0.15) is 5.75 Å². The smallest absolute Gasteiger partial charge is 0.277 e. The molecule has 2 rings (SSSR count). The van der Waals surface area contributed by atoms with Crippen molar-refractivity contribution in [3.05, 3.63) is 70.3 Å². The quantitative estimate of drug-likeness (QED) is 0.610. The van der Waals surface area contributed by atoms with Crippen LogP contribution in [0.1, 0.15) is 23.6 Å². The monoisotopic (exact) mass is 356 g/mol. The van der Waals surface area contributed by atoms with E-state index in [1.807, 2.05) is 63.3 Å². The molecule has 0 aliphatic carbocycles. The van der Waals surface area contributed by atoms with Crippen molar-refractivity contribution in [1.82, 2.24) is 5.43 Å². The fourth-order valence-electron chi connectivity index (χ4n) is 2.14. The predicted octanol–water partition coefficient (Wildman–Crippen LogP) is 4.54.